The van der Waals surface area contributed by atoms with Crippen LogP contribution in [0.4, 0.5) is 0 Å². The first-order chi connectivity index (χ1) is 6.20. The number of rotatable bonds is 2. The van der Waals surface area contributed by atoms with Crippen LogP contribution in [0.25, 0.3) is 0 Å². The number of nitrogens with one attached hydrogen (secondary N) is 1. The van der Waals surface area contributed by atoms with E-state index in [0.29, 0.717) is 13.0 Å². The zero-order valence-electron chi connectivity index (χ0n) is 7.84. The quantitative estimate of drug-likeness (QED) is 0.711. The third-order valence-corrected chi connectivity index (χ3v) is 2.71. The first-order valence-corrected chi connectivity index (χ1v) is 4.66. The topological polar surface area (TPSA) is 45.4 Å². The maximum absolute atomic E-state index is 10.1. The highest BCUT2D eigenvalue weighted by molar-refractivity contribution is 5.18. The summed E-state index contributed by atoms with van der Waals surface area (Å²) < 4.78 is 5.19. The van der Waals surface area contributed by atoms with Gasteiger partial charge in [-0.25, -0.2) is 0 Å². The van der Waals surface area contributed by atoms with E-state index in [9.17, 15) is 5.11 Å². The molecule has 0 saturated carbocycles. The summed E-state index contributed by atoms with van der Waals surface area (Å²) in [6.07, 6.45) is 3.20. The van der Waals surface area contributed by atoms with E-state index >= 15 is 0 Å². The largest absolute Gasteiger partial charge is 0.469 e. The molecule has 3 heteroatoms. The molecule has 0 aliphatic carbocycles. The van der Waals surface area contributed by atoms with Gasteiger partial charge < -0.3 is 14.8 Å². The molecule has 1 fully saturated rings. The van der Waals surface area contributed by atoms with E-state index in [2.05, 4.69) is 5.32 Å². The van der Waals surface area contributed by atoms with Gasteiger partial charge in [-0.1, -0.05) is 0 Å². The minimum atomic E-state index is -0.561. The van der Waals surface area contributed by atoms with E-state index in [1.807, 2.05) is 13.0 Å². The van der Waals surface area contributed by atoms with Crippen molar-refractivity contribution in [2.75, 3.05) is 13.1 Å². The summed E-state index contributed by atoms with van der Waals surface area (Å²) in [7, 11) is 0. The highest BCUT2D eigenvalue weighted by Crippen LogP contribution is 2.22. The number of hydrogen-bond acceptors (Lipinski definition) is 3. The van der Waals surface area contributed by atoms with Crippen LogP contribution < -0.4 is 5.32 Å². The Morgan fingerprint density at radius 1 is 1.69 bits per heavy atom. The van der Waals surface area contributed by atoms with Gasteiger partial charge in [0, 0.05) is 13.0 Å². The summed E-state index contributed by atoms with van der Waals surface area (Å²) in [5, 5.41) is 13.2. The standard InChI is InChI=1S/C10H15NO2/c1-8-9(2-5-13-8)6-10(12)3-4-11-7-10/h2,5,11-12H,3-4,6-7H2,1H3. The molecule has 0 bridgehead atoms. The lowest BCUT2D eigenvalue weighted by atomic mass is 9.94. The number of aryl methyl sites for hydroxylation is 1. The Balaban J connectivity index is 2.09. The molecule has 0 radical (unpaired) electrons. The molecule has 1 unspecified atom stereocenters. The molecule has 0 spiro atoms. The third-order valence-electron chi connectivity index (χ3n) is 2.71. The first kappa shape index (κ1) is 8.78. The second-order valence-electron chi connectivity index (χ2n) is 3.83. The highest BCUT2D eigenvalue weighted by Gasteiger charge is 2.31. The molecule has 1 aromatic rings. The van der Waals surface area contributed by atoms with Crippen molar-refractivity contribution >= 4 is 0 Å². The molecule has 13 heavy (non-hydrogen) atoms. The van der Waals surface area contributed by atoms with Crippen molar-refractivity contribution in [3.63, 3.8) is 0 Å². The fraction of sp³-hybridized carbons (Fsp3) is 0.600. The molecule has 72 valence electrons. The number of β-amino-alcohol motifs (C(OH)–C–C–N with tert-alkyl or cyclic N) is 1. The van der Waals surface area contributed by atoms with Crippen molar-refractivity contribution in [3.8, 4) is 0 Å². The fourth-order valence-corrected chi connectivity index (χ4v) is 1.83. The summed E-state index contributed by atoms with van der Waals surface area (Å²) in [6.45, 7) is 3.53. The van der Waals surface area contributed by atoms with Gasteiger partial charge >= 0.3 is 0 Å². The zero-order valence-corrected chi connectivity index (χ0v) is 7.84. The first-order valence-electron chi connectivity index (χ1n) is 4.66. The van der Waals surface area contributed by atoms with Crippen LogP contribution in [0.1, 0.15) is 17.7 Å². The second kappa shape index (κ2) is 3.16. The molecule has 1 atom stereocenters. The van der Waals surface area contributed by atoms with Gasteiger partial charge in [0.05, 0.1) is 11.9 Å². The van der Waals surface area contributed by atoms with Crippen molar-refractivity contribution in [2.24, 2.45) is 0 Å². The number of furan rings is 1. The molecule has 0 aromatic carbocycles. The lowest BCUT2D eigenvalue weighted by Crippen LogP contribution is -2.33. The molecule has 2 rings (SSSR count). The van der Waals surface area contributed by atoms with E-state index in [1.54, 1.807) is 6.26 Å². The van der Waals surface area contributed by atoms with Gasteiger partial charge in [-0.2, -0.15) is 0 Å². The Morgan fingerprint density at radius 2 is 2.54 bits per heavy atom. The smallest absolute Gasteiger partial charge is 0.103 e. The van der Waals surface area contributed by atoms with Crippen molar-refractivity contribution in [1.82, 2.24) is 5.32 Å². The normalized spacial score (nSPS) is 28.2. The second-order valence-corrected chi connectivity index (χ2v) is 3.83. The van der Waals surface area contributed by atoms with Crippen LogP contribution in [-0.2, 0) is 6.42 Å². The summed E-state index contributed by atoms with van der Waals surface area (Å²) in [6, 6.07) is 1.94. The zero-order chi connectivity index (χ0) is 9.31. The summed E-state index contributed by atoms with van der Waals surface area (Å²) in [5.74, 6) is 0.917. The SMILES string of the molecule is Cc1occc1CC1(O)CCNC1. The molecular weight excluding hydrogens is 166 g/mol. The van der Waals surface area contributed by atoms with Gasteiger partial charge in [-0.3, -0.25) is 0 Å². The minimum Gasteiger partial charge on any atom is -0.469 e. The van der Waals surface area contributed by atoms with Crippen molar-refractivity contribution in [2.45, 2.75) is 25.4 Å². The van der Waals surface area contributed by atoms with Crippen molar-refractivity contribution in [1.29, 1.82) is 0 Å². The Labute approximate surface area is 77.8 Å². The number of aliphatic hydroxyl groups is 1. The average Bonchev–Trinajstić information content (AvgIpc) is 2.64. The molecule has 2 heterocycles. The lowest BCUT2D eigenvalue weighted by molar-refractivity contribution is 0.0615. The minimum absolute atomic E-state index is 0.561. The molecule has 0 amide bonds. The summed E-state index contributed by atoms with van der Waals surface area (Å²) in [4.78, 5) is 0. The van der Waals surface area contributed by atoms with E-state index < -0.39 is 5.60 Å². The number of hydrogen-bond donors (Lipinski definition) is 2. The molecule has 2 N–H and O–H groups in total. The van der Waals surface area contributed by atoms with Crippen molar-refractivity contribution in [3.05, 3.63) is 23.7 Å². The van der Waals surface area contributed by atoms with Gasteiger partial charge in [0.2, 0.25) is 0 Å². The predicted octanol–water partition coefficient (Wildman–Crippen LogP) is 0.855. The Morgan fingerprint density at radius 3 is 3.08 bits per heavy atom. The van der Waals surface area contributed by atoms with Crippen LogP contribution in [0.15, 0.2) is 16.7 Å². The van der Waals surface area contributed by atoms with Crippen LogP contribution in [0.5, 0.6) is 0 Å². The van der Waals surface area contributed by atoms with Gasteiger partial charge in [-0.05, 0) is 31.5 Å². The van der Waals surface area contributed by atoms with Crippen LogP contribution in [0.3, 0.4) is 0 Å². The average molecular weight is 181 g/mol. The van der Waals surface area contributed by atoms with Gasteiger partial charge in [0.25, 0.3) is 0 Å². The molecule has 1 aromatic heterocycles. The Kier molecular flexibility index (Phi) is 2.14. The summed E-state index contributed by atoms with van der Waals surface area (Å²) >= 11 is 0. The Bertz CT molecular complexity index is 287. The molecular formula is C10H15NO2. The summed E-state index contributed by atoms with van der Waals surface area (Å²) in [5.41, 5.74) is 0.556. The lowest BCUT2D eigenvalue weighted by Gasteiger charge is -2.20. The van der Waals surface area contributed by atoms with E-state index in [0.717, 1.165) is 24.3 Å². The van der Waals surface area contributed by atoms with Crippen LogP contribution in [0.2, 0.25) is 0 Å². The van der Waals surface area contributed by atoms with Crippen LogP contribution in [0, 0.1) is 6.92 Å². The third kappa shape index (κ3) is 1.76. The Hall–Kier alpha value is -0.800. The molecule has 1 aliphatic rings. The monoisotopic (exact) mass is 181 g/mol. The predicted molar refractivity (Wildman–Crippen MR) is 49.6 cm³/mol. The van der Waals surface area contributed by atoms with Gasteiger partial charge in [0.1, 0.15) is 5.76 Å². The van der Waals surface area contributed by atoms with Crippen LogP contribution in [-0.4, -0.2) is 23.8 Å². The van der Waals surface area contributed by atoms with E-state index in [-0.39, 0.29) is 0 Å². The highest BCUT2D eigenvalue weighted by atomic mass is 16.3. The maximum atomic E-state index is 10.1. The van der Waals surface area contributed by atoms with E-state index in [4.69, 9.17) is 4.42 Å². The fourth-order valence-electron chi connectivity index (χ4n) is 1.83. The van der Waals surface area contributed by atoms with Crippen molar-refractivity contribution < 1.29 is 9.52 Å². The van der Waals surface area contributed by atoms with Crippen LogP contribution >= 0.6 is 0 Å². The molecule has 3 nitrogen and oxygen atoms in total. The molecule has 1 saturated heterocycles. The molecule has 1 aliphatic heterocycles. The van der Waals surface area contributed by atoms with Gasteiger partial charge in [0.15, 0.2) is 0 Å². The van der Waals surface area contributed by atoms with E-state index in [1.165, 1.54) is 0 Å². The van der Waals surface area contributed by atoms with Gasteiger partial charge in [-0.15, -0.1) is 0 Å². The maximum Gasteiger partial charge on any atom is 0.103 e.